The van der Waals surface area contributed by atoms with Gasteiger partial charge in [-0.3, -0.25) is 9.59 Å². The molecule has 0 aliphatic carbocycles. The van der Waals surface area contributed by atoms with E-state index in [4.69, 9.17) is 15.9 Å². The van der Waals surface area contributed by atoms with Crippen LogP contribution in [0.4, 0.5) is 0 Å². The van der Waals surface area contributed by atoms with Gasteiger partial charge in [0.15, 0.2) is 0 Å². The highest BCUT2D eigenvalue weighted by molar-refractivity contribution is 5.88. The van der Waals surface area contributed by atoms with Crippen molar-refractivity contribution in [2.45, 2.75) is 258 Å². The number of hydrogen-bond donors (Lipinski definition) is 3. The summed E-state index contributed by atoms with van der Waals surface area (Å²) < 4.78 is 4.62. The van der Waals surface area contributed by atoms with Crippen LogP contribution in [0.2, 0.25) is 0 Å². The molecule has 0 amide bonds. The van der Waals surface area contributed by atoms with Gasteiger partial charge in [0.1, 0.15) is 6.04 Å². The van der Waals surface area contributed by atoms with E-state index in [1.165, 1.54) is 186 Å². The second kappa shape index (κ2) is 43.9. The van der Waals surface area contributed by atoms with Crippen molar-refractivity contribution in [3.63, 3.8) is 0 Å². The molecular formula is C45H89NO6. The number of aliphatic hydroxyl groups excluding tert-OH is 1. The molecule has 0 bridgehead atoms. The highest BCUT2D eigenvalue weighted by atomic mass is 16.6. The molecular weight excluding hydrogens is 650 g/mol. The van der Waals surface area contributed by atoms with E-state index in [9.17, 15) is 14.4 Å². The number of carboxylic acid groups (broad SMARTS) is 1. The van der Waals surface area contributed by atoms with Crippen molar-refractivity contribution in [2.24, 2.45) is 11.7 Å². The number of nitrogens with two attached hydrogens (primary N) is 1. The first-order valence-electron chi connectivity index (χ1n) is 22.6. The Labute approximate surface area is 322 Å². The number of esters is 2. The molecule has 0 radical (unpaired) electrons. The van der Waals surface area contributed by atoms with Crippen LogP contribution in [0.5, 0.6) is 0 Å². The minimum absolute atomic E-state index is 0.0283. The Morgan fingerprint density at radius 2 is 0.788 bits per heavy atom. The lowest BCUT2D eigenvalue weighted by Gasteiger charge is -2.17. The molecule has 52 heavy (non-hydrogen) atoms. The molecule has 0 heterocycles. The monoisotopic (exact) mass is 740 g/mol. The van der Waals surface area contributed by atoms with Gasteiger partial charge in [0.2, 0.25) is 0 Å². The number of carboxylic acids is 1. The van der Waals surface area contributed by atoms with E-state index in [0.717, 1.165) is 25.2 Å². The molecule has 1 atom stereocenters. The Morgan fingerprint density at radius 3 is 1.13 bits per heavy atom. The van der Waals surface area contributed by atoms with Gasteiger partial charge < -0.3 is 20.7 Å². The number of unbranched alkanes of at least 4 members (excludes halogenated alkanes) is 26. The quantitative estimate of drug-likeness (QED) is 0.0325. The zero-order valence-corrected chi connectivity index (χ0v) is 34.9. The Hall–Kier alpha value is -1.47. The van der Waals surface area contributed by atoms with Gasteiger partial charge in [-0.15, -0.1) is 0 Å². The summed E-state index contributed by atoms with van der Waals surface area (Å²) in [6.45, 7) is 7.20. The van der Waals surface area contributed by atoms with E-state index in [-0.39, 0.29) is 19.3 Å². The SMILES string of the molecule is CCCCCCCCC(CCCCCCCC)CCCCCCCCCCCO.CCCCCCCCCCCC(=O)OC(=O)C(N)CCC(=O)O. The van der Waals surface area contributed by atoms with Crippen molar-refractivity contribution >= 4 is 17.9 Å². The van der Waals surface area contributed by atoms with Crippen LogP contribution in [0.1, 0.15) is 252 Å². The summed E-state index contributed by atoms with van der Waals surface area (Å²) in [5, 5.41) is 17.3. The molecule has 7 heteroatoms. The van der Waals surface area contributed by atoms with Crippen LogP contribution in [0.25, 0.3) is 0 Å². The Kier molecular flexibility index (Phi) is 44.5. The Morgan fingerprint density at radius 1 is 0.462 bits per heavy atom. The summed E-state index contributed by atoms with van der Waals surface area (Å²) >= 11 is 0. The van der Waals surface area contributed by atoms with E-state index in [0.29, 0.717) is 13.0 Å². The fourth-order valence-electron chi connectivity index (χ4n) is 6.86. The van der Waals surface area contributed by atoms with Gasteiger partial charge >= 0.3 is 17.9 Å². The maximum atomic E-state index is 11.5. The fraction of sp³-hybridized carbons (Fsp3) is 0.933. The molecule has 0 spiro atoms. The summed E-state index contributed by atoms with van der Waals surface area (Å²) in [5.41, 5.74) is 5.47. The first kappa shape index (κ1) is 52.6. The van der Waals surface area contributed by atoms with Gasteiger partial charge in [0.25, 0.3) is 0 Å². The van der Waals surface area contributed by atoms with Crippen molar-refractivity contribution in [3.05, 3.63) is 0 Å². The molecule has 0 saturated carbocycles. The van der Waals surface area contributed by atoms with Crippen molar-refractivity contribution in [1.82, 2.24) is 0 Å². The minimum Gasteiger partial charge on any atom is -0.481 e. The van der Waals surface area contributed by atoms with Crippen molar-refractivity contribution in [2.75, 3.05) is 6.61 Å². The van der Waals surface area contributed by atoms with Crippen LogP contribution < -0.4 is 5.73 Å². The van der Waals surface area contributed by atoms with Crippen LogP contribution in [-0.4, -0.2) is 40.8 Å². The van der Waals surface area contributed by atoms with Gasteiger partial charge in [-0.05, 0) is 25.2 Å². The van der Waals surface area contributed by atoms with Crippen molar-refractivity contribution < 1.29 is 29.3 Å². The largest absolute Gasteiger partial charge is 0.481 e. The van der Waals surface area contributed by atoms with E-state index in [2.05, 4.69) is 25.5 Å². The number of rotatable bonds is 39. The lowest BCUT2D eigenvalue weighted by atomic mass is 9.89. The maximum Gasteiger partial charge on any atom is 0.330 e. The Bertz CT molecular complexity index is 744. The van der Waals surface area contributed by atoms with Gasteiger partial charge in [-0.2, -0.15) is 0 Å². The highest BCUT2D eigenvalue weighted by Gasteiger charge is 2.19. The predicted molar refractivity (Wildman–Crippen MR) is 221 cm³/mol. The number of ether oxygens (including phenoxy) is 1. The van der Waals surface area contributed by atoms with Crippen LogP contribution in [0.15, 0.2) is 0 Å². The smallest absolute Gasteiger partial charge is 0.330 e. The molecule has 0 aliphatic rings. The average molecular weight is 740 g/mol. The van der Waals surface area contributed by atoms with Crippen LogP contribution in [-0.2, 0) is 19.1 Å². The predicted octanol–water partition coefficient (Wildman–Crippen LogP) is 13.2. The second-order valence-corrected chi connectivity index (χ2v) is 15.6. The summed E-state index contributed by atoms with van der Waals surface area (Å²) in [6.07, 6.45) is 44.2. The fourth-order valence-corrected chi connectivity index (χ4v) is 6.86. The summed E-state index contributed by atoms with van der Waals surface area (Å²) in [4.78, 5) is 33.3. The molecule has 310 valence electrons. The van der Waals surface area contributed by atoms with Crippen LogP contribution in [0.3, 0.4) is 0 Å². The van der Waals surface area contributed by atoms with E-state index < -0.39 is 23.9 Å². The van der Waals surface area contributed by atoms with Gasteiger partial charge in [0, 0.05) is 19.4 Å². The van der Waals surface area contributed by atoms with E-state index in [1.54, 1.807) is 0 Å². The Balaban J connectivity index is 0. The third-order valence-corrected chi connectivity index (χ3v) is 10.4. The van der Waals surface area contributed by atoms with Gasteiger partial charge in [-0.1, -0.05) is 220 Å². The topological polar surface area (TPSA) is 127 Å². The summed E-state index contributed by atoms with van der Waals surface area (Å²) in [7, 11) is 0. The maximum absolute atomic E-state index is 11.5. The molecule has 0 rings (SSSR count). The third-order valence-electron chi connectivity index (χ3n) is 10.4. The highest BCUT2D eigenvalue weighted by Crippen LogP contribution is 2.25. The van der Waals surface area contributed by atoms with Crippen molar-refractivity contribution in [1.29, 1.82) is 0 Å². The zero-order chi connectivity index (χ0) is 38.8. The minimum atomic E-state index is -1.06. The molecule has 4 N–H and O–H groups in total. The summed E-state index contributed by atoms with van der Waals surface area (Å²) in [6, 6.07) is -1.06. The van der Waals surface area contributed by atoms with E-state index in [1.807, 2.05) is 0 Å². The van der Waals surface area contributed by atoms with Gasteiger partial charge in [-0.25, -0.2) is 4.79 Å². The lowest BCUT2D eigenvalue weighted by Crippen LogP contribution is -2.34. The molecule has 0 saturated heterocycles. The van der Waals surface area contributed by atoms with Crippen LogP contribution in [0, 0.1) is 5.92 Å². The molecule has 0 aromatic rings. The molecule has 0 aromatic heterocycles. The standard InChI is InChI=1S/C28H58O.C17H31NO5/c1-3-5-7-9-16-20-24-28(25-21-17-10-8-6-4-2)26-22-18-14-12-11-13-15-19-23-27-29;1-2-3-4-5-6-7-8-9-10-11-16(21)23-17(22)14(18)12-13-15(19)20/h28-29H,3-27H2,1-2H3;14H,2-13,18H2,1H3,(H,19,20). The molecule has 0 aromatic carbocycles. The van der Waals surface area contributed by atoms with Crippen LogP contribution >= 0.6 is 0 Å². The molecule has 1 unspecified atom stereocenters. The number of carbonyl (C=O) groups is 3. The number of aliphatic carboxylic acids is 1. The van der Waals surface area contributed by atoms with Gasteiger partial charge in [0.05, 0.1) is 0 Å². The first-order valence-corrected chi connectivity index (χ1v) is 22.6. The number of carbonyl (C=O) groups excluding carboxylic acids is 2. The second-order valence-electron chi connectivity index (χ2n) is 15.6. The number of hydrogen-bond acceptors (Lipinski definition) is 6. The average Bonchev–Trinajstić information content (AvgIpc) is 3.13. The summed E-state index contributed by atoms with van der Waals surface area (Å²) in [5.74, 6) is -1.43. The molecule has 7 nitrogen and oxygen atoms in total. The lowest BCUT2D eigenvalue weighted by molar-refractivity contribution is -0.160. The van der Waals surface area contributed by atoms with Crippen molar-refractivity contribution in [3.8, 4) is 0 Å². The number of aliphatic hydroxyl groups is 1. The first-order chi connectivity index (χ1) is 25.3. The molecule has 0 aliphatic heterocycles. The third kappa shape index (κ3) is 42.9. The zero-order valence-electron chi connectivity index (χ0n) is 34.9. The van der Waals surface area contributed by atoms with E-state index >= 15 is 0 Å². The molecule has 0 fully saturated rings. The normalized spacial score (nSPS) is 11.7.